The maximum Gasteiger partial charge on any atom is 0.265 e. The van der Waals surface area contributed by atoms with Crippen LogP contribution < -0.4 is 10.1 Å². The number of carbonyl (C=O) groups excluding carboxylic acids is 1. The first-order valence-electron chi connectivity index (χ1n) is 7.49. The van der Waals surface area contributed by atoms with E-state index in [4.69, 9.17) is 4.74 Å². The number of nitrogens with zero attached hydrogens (tertiary/aromatic N) is 1. The molecule has 1 heterocycles. The number of aliphatic hydroxyl groups is 1. The van der Waals surface area contributed by atoms with Crippen LogP contribution in [-0.2, 0) is 4.79 Å². The van der Waals surface area contributed by atoms with Gasteiger partial charge in [0.1, 0.15) is 5.75 Å². The van der Waals surface area contributed by atoms with E-state index >= 15 is 0 Å². The number of anilines is 1. The van der Waals surface area contributed by atoms with Crippen molar-refractivity contribution in [2.45, 2.75) is 38.9 Å². The first kappa shape index (κ1) is 15.8. The van der Waals surface area contributed by atoms with Crippen molar-refractivity contribution in [1.82, 2.24) is 4.90 Å². The Kier molecular flexibility index (Phi) is 5.20. The van der Waals surface area contributed by atoms with Crippen LogP contribution in [0.15, 0.2) is 18.2 Å². The number of hydrogen-bond acceptors (Lipinski definition) is 4. The molecule has 5 heteroatoms. The van der Waals surface area contributed by atoms with Crippen LogP contribution >= 0.6 is 0 Å². The second-order valence-corrected chi connectivity index (χ2v) is 5.64. The van der Waals surface area contributed by atoms with Crippen molar-refractivity contribution < 1.29 is 14.6 Å². The SMILES string of the molecule is CCCCN(C)CC(O)c1ccc2c(c1)NC(=O)C(C)O2. The summed E-state index contributed by atoms with van der Waals surface area (Å²) >= 11 is 0. The molecule has 1 aliphatic rings. The Labute approximate surface area is 125 Å². The van der Waals surface area contributed by atoms with Crippen LogP contribution in [-0.4, -0.2) is 42.2 Å². The summed E-state index contributed by atoms with van der Waals surface area (Å²) in [4.78, 5) is 13.7. The number of aliphatic hydroxyl groups excluding tert-OH is 1. The zero-order valence-electron chi connectivity index (χ0n) is 12.9. The number of benzene rings is 1. The number of unbranched alkanes of at least 4 members (excludes halogenated alkanes) is 1. The van der Waals surface area contributed by atoms with Gasteiger partial charge in [-0.05, 0) is 44.6 Å². The van der Waals surface area contributed by atoms with E-state index in [0.717, 1.165) is 24.9 Å². The predicted molar refractivity (Wildman–Crippen MR) is 82.5 cm³/mol. The van der Waals surface area contributed by atoms with Gasteiger partial charge in [-0.3, -0.25) is 4.79 Å². The largest absolute Gasteiger partial charge is 0.479 e. The molecule has 5 nitrogen and oxygen atoms in total. The van der Waals surface area contributed by atoms with Gasteiger partial charge in [0, 0.05) is 6.54 Å². The fourth-order valence-corrected chi connectivity index (χ4v) is 2.35. The van der Waals surface area contributed by atoms with Crippen LogP contribution in [0.2, 0.25) is 0 Å². The van der Waals surface area contributed by atoms with Gasteiger partial charge in [-0.15, -0.1) is 0 Å². The number of hydrogen-bond donors (Lipinski definition) is 2. The standard InChI is InChI=1S/C16H24N2O3/c1-4-5-8-18(3)10-14(19)12-6-7-15-13(9-12)17-16(20)11(2)21-15/h6-7,9,11,14,19H,4-5,8,10H2,1-3H3,(H,17,20). The van der Waals surface area contributed by atoms with Crippen molar-refractivity contribution in [3.8, 4) is 5.75 Å². The van der Waals surface area contributed by atoms with Gasteiger partial charge in [-0.25, -0.2) is 0 Å². The van der Waals surface area contributed by atoms with E-state index in [2.05, 4.69) is 17.1 Å². The second kappa shape index (κ2) is 6.91. The Balaban J connectivity index is 2.04. The van der Waals surface area contributed by atoms with E-state index in [1.165, 1.54) is 0 Å². The molecule has 0 bridgehead atoms. The number of amides is 1. The summed E-state index contributed by atoms with van der Waals surface area (Å²) in [6.45, 7) is 5.40. The Morgan fingerprint density at radius 2 is 2.24 bits per heavy atom. The number of rotatable bonds is 6. The number of ether oxygens (including phenoxy) is 1. The molecule has 1 aromatic carbocycles. The van der Waals surface area contributed by atoms with Gasteiger partial charge in [0.25, 0.3) is 5.91 Å². The summed E-state index contributed by atoms with van der Waals surface area (Å²) in [6, 6.07) is 5.44. The van der Waals surface area contributed by atoms with Crippen LogP contribution in [0.1, 0.15) is 38.4 Å². The number of carbonyl (C=O) groups is 1. The minimum Gasteiger partial charge on any atom is -0.479 e. The van der Waals surface area contributed by atoms with Crippen molar-refractivity contribution in [3.63, 3.8) is 0 Å². The Bertz CT molecular complexity index is 504. The zero-order valence-corrected chi connectivity index (χ0v) is 12.9. The molecule has 1 amide bonds. The van der Waals surface area contributed by atoms with Gasteiger partial charge >= 0.3 is 0 Å². The van der Waals surface area contributed by atoms with Gasteiger partial charge in [-0.1, -0.05) is 19.4 Å². The quantitative estimate of drug-likeness (QED) is 0.843. The normalized spacial score (nSPS) is 18.9. The summed E-state index contributed by atoms with van der Waals surface area (Å²) in [5.41, 5.74) is 1.42. The van der Waals surface area contributed by atoms with Crippen molar-refractivity contribution in [2.75, 3.05) is 25.5 Å². The average molecular weight is 292 g/mol. The Morgan fingerprint density at radius 1 is 1.48 bits per heavy atom. The molecule has 1 aromatic rings. The van der Waals surface area contributed by atoms with Gasteiger partial charge in [0.05, 0.1) is 11.8 Å². The summed E-state index contributed by atoms with van der Waals surface area (Å²) in [7, 11) is 2.00. The molecule has 0 aliphatic carbocycles. The van der Waals surface area contributed by atoms with E-state index in [1.807, 2.05) is 13.1 Å². The Morgan fingerprint density at radius 3 is 2.95 bits per heavy atom. The van der Waals surface area contributed by atoms with Crippen LogP contribution in [0, 0.1) is 0 Å². The minimum atomic E-state index is -0.576. The lowest BCUT2D eigenvalue weighted by atomic mass is 10.1. The number of fused-ring (bicyclic) bond motifs is 1. The molecule has 0 aromatic heterocycles. The smallest absolute Gasteiger partial charge is 0.265 e. The molecule has 0 spiro atoms. The molecule has 116 valence electrons. The highest BCUT2D eigenvalue weighted by Crippen LogP contribution is 2.32. The summed E-state index contributed by atoms with van der Waals surface area (Å²) in [5, 5.41) is 13.1. The molecule has 21 heavy (non-hydrogen) atoms. The average Bonchev–Trinajstić information content (AvgIpc) is 2.45. The van der Waals surface area contributed by atoms with Crippen molar-refractivity contribution in [3.05, 3.63) is 23.8 Å². The third-order valence-corrected chi connectivity index (χ3v) is 3.70. The first-order valence-corrected chi connectivity index (χ1v) is 7.49. The van der Waals surface area contributed by atoms with Crippen molar-refractivity contribution in [1.29, 1.82) is 0 Å². The lowest BCUT2D eigenvalue weighted by Gasteiger charge is -2.25. The van der Waals surface area contributed by atoms with E-state index < -0.39 is 12.2 Å². The fourth-order valence-electron chi connectivity index (χ4n) is 2.35. The molecular weight excluding hydrogens is 268 g/mol. The fraction of sp³-hybridized carbons (Fsp3) is 0.562. The lowest BCUT2D eigenvalue weighted by molar-refractivity contribution is -0.122. The van der Waals surface area contributed by atoms with Crippen LogP contribution in [0.3, 0.4) is 0 Å². The summed E-state index contributed by atoms with van der Waals surface area (Å²) in [5.74, 6) is 0.492. The third-order valence-electron chi connectivity index (χ3n) is 3.70. The van der Waals surface area contributed by atoms with E-state index in [9.17, 15) is 9.90 Å². The molecule has 0 fully saturated rings. The van der Waals surface area contributed by atoms with Gasteiger partial charge in [0.2, 0.25) is 0 Å². The molecule has 0 saturated carbocycles. The molecule has 1 aliphatic heterocycles. The van der Waals surface area contributed by atoms with Crippen LogP contribution in [0.4, 0.5) is 5.69 Å². The molecule has 0 saturated heterocycles. The molecule has 2 unspecified atom stereocenters. The third kappa shape index (κ3) is 3.95. The maximum absolute atomic E-state index is 11.6. The first-order chi connectivity index (χ1) is 10.0. The maximum atomic E-state index is 11.6. The molecule has 2 rings (SSSR count). The Hall–Kier alpha value is -1.59. The highest BCUT2D eigenvalue weighted by molar-refractivity contribution is 5.97. The molecular formula is C16H24N2O3. The monoisotopic (exact) mass is 292 g/mol. The summed E-state index contributed by atoms with van der Waals surface area (Å²) in [6.07, 6.45) is 1.21. The lowest BCUT2D eigenvalue weighted by Crippen LogP contribution is -2.34. The van der Waals surface area contributed by atoms with Crippen molar-refractivity contribution in [2.24, 2.45) is 0 Å². The minimum absolute atomic E-state index is 0.158. The summed E-state index contributed by atoms with van der Waals surface area (Å²) < 4.78 is 5.51. The topological polar surface area (TPSA) is 61.8 Å². The molecule has 0 radical (unpaired) electrons. The zero-order chi connectivity index (χ0) is 15.4. The highest BCUT2D eigenvalue weighted by atomic mass is 16.5. The van der Waals surface area contributed by atoms with Crippen molar-refractivity contribution >= 4 is 11.6 Å². The highest BCUT2D eigenvalue weighted by Gasteiger charge is 2.24. The molecule has 2 N–H and O–H groups in total. The van der Waals surface area contributed by atoms with Gasteiger partial charge in [0.15, 0.2) is 6.10 Å². The van der Waals surface area contributed by atoms with Crippen LogP contribution in [0.5, 0.6) is 5.75 Å². The van der Waals surface area contributed by atoms with Crippen LogP contribution in [0.25, 0.3) is 0 Å². The van der Waals surface area contributed by atoms with E-state index in [-0.39, 0.29) is 5.91 Å². The van der Waals surface area contributed by atoms with Gasteiger partial charge in [-0.2, -0.15) is 0 Å². The van der Waals surface area contributed by atoms with E-state index in [1.54, 1.807) is 19.1 Å². The van der Waals surface area contributed by atoms with E-state index in [0.29, 0.717) is 18.0 Å². The second-order valence-electron chi connectivity index (χ2n) is 5.64. The van der Waals surface area contributed by atoms with Gasteiger partial charge < -0.3 is 20.1 Å². The molecule has 2 atom stereocenters. The predicted octanol–water partition coefficient (Wildman–Crippen LogP) is 2.17. The number of nitrogens with one attached hydrogen (secondary N) is 1. The number of likely N-dealkylation sites (N-methyl/N-ethyl adjacent to an activating group) is 1.